The average molecular weight is 452 g/mol. The lowest BCUT2D eigenvalue weighted by molar-refractivity contribution is 0.148. The maximum absolute atomic E-state index is 13.9. The van der Waals surface area contributed by atoms with E-state index < -0.39 is 0 Å². The fourth-order valence-corrected chi connectivity index (χ4v) is 4.24. The van der Waals surface area contributed by atoms with Gasteiger partial charge in [0.05, 0.1) is 6.04 Å². The Balaban J connectivity index is 1.79. The SMILES string of the molecule is Cc1ccc(CN2CCN(I)C(c3ccccc3C(C)C)C2)cc1F. The first-order valence-corrected chi connectivity index (χ1v) is 9.91. The van der Waals surface area contributed by atoms with E-state index in [2.05, 4.69) is 69.0 Å². The van der Waals surface area contributed by atoms with Crippen molar-refractivity contribution in [2.75, 3.05) is 19.6 Å². The van der Waals surface area contributed by atoms with E-state index in [-0.39, 0.29) is 5.82 Å². The summed E-state index contributed by atoms with van der Waals surface area (Å²) in [6.45, 7) is 10.1. The molecule has 1 fully saturated rings. The van der Waals surface area contributed by atoms with Gasteiger partial charge in [-0.1, -0.05) is 50.2 Å². The highest BCUT2D eigenvalue weighted by Gasteiger charge is 2.28. The van der Waals surface area contributed by atoms with Crippen LogP contribution >= 0.6 is 22.9 Å². The van der Waals surface area contributed by atoms with Crippen molar-refractivity contribution in [2.24, 2.45) is 0 Å². The molecule has 0 spiro atoms. The Morgan fingerprint density at radius 1 is 1.16 bits per heavy atom. The first-order chi connectivity index (χ1) is 12.0. The van der Waals surface area contributed by atoms with Crippen LogP contribution in [0.15, 0.2) is 42.5 Å². The molecule has 0 N–H and O–H groups in total. The number of nitrogens with zero attached hydrogens (tertiary/aromatic N) is 2. The van der Waals surface area contributed by atoms with Crippen molar-refractivity contribution in [3.63, 3.8) is 0 Å². The Morgan fingerprint density at radius 2 is 1.92 bits per heavy atom. The third-order valence-corrected chi connectivity index (χ3v) is 6.17. The van der Waals surface area contributed by atoms with Gasteiger partial charge in [-0.2, -0.15) is 0 Å². The largest absolute Gasteiger partial charge is 0.296 e. The minimum absolute atomic E-state index is 0.105. The summed E-state index contributed by atoms with van der Waals surface area (Å²) in [6, 6.07) is 14.8. The topological polar surface area (TPSA) is 6.48 Å². The number of halogens is 2. The fraction of sp³-hybridized carbons (Fsp3) is 0.429. The minimum Gasteiger partial charge on any atom is -0.296 e. The van der Waals surface area contributed by atoms with Crippen LogP contribution in [0.5, 0.6) is 0 Å². The summed E-state index contributed by atoms with van der Waals surface area (Å²) in [4.78, 5) is 2.45. The highest BCUT2D eigenvalue weighted by Crippen LogP contribution is 2.33. The van der Waals surface area contributed by atoms with Crippen LogP contribution in [0.4, 0.5) is 4.39 Å². The van der Waals surface area contributed by atoms with Crippen molar-refractivity contribution in [2.45, 2.75) is 39.3 Å². The van der Waals surface area contributed by atoms with Crippen molar-refractivity contribution < 1.29 is 4.39 Å². The van der Waals surface area contributed by atoms with Crippen LogP contribution in [-0.4, -0.2) is 27.6 Å². The first-order valence-electron chi connectivity index (χ1n) is 8.94. The Morgan fingerprint density at radius 3 is 2.64 bits per heavy atom. The van der Waals surface area contributed by atoms with E-state index >= 15 is 0 Å². The van der Waals surface area contributed by atoms with Crippen LogP contribution in [-0.2, 0) is 6.54 Å². The van der Waals surface area contributed by atoms with E-state index in [0.29, 0.717) is 17.5 Å². The third-order valence-electron chi connectivity index (χ3n) is 5.02. The minimum atomic E-state index is -0.105. The predicted molar refractivity (Wildman–Crippen MR) is 110 cm³/mol. The lowest BCUT2D eigenvalue weighted by Gasteiger charge is -2.39. The van der Waals surface area contributed by atoms with Crippen molar-refractivity contribution in [1.82, 2.24) is 8.01 Å². The van der Waals surface area contributed by atoms with Gasteiger partial charge in [-0.25, -0.2) is 7.50 Å². The molecule has 2 aromatic rings. The first kappa shape index (κ1) is 18.8. The zero-order chi connectivity index (χ0) is 18.0. The second-order valence-corrected chi connectivity index (χ2v) is 8.48. The van der Waals surface area contributed by atoms with Gasteiger partial charge in [-0.05, 0) is 41.2 Å². The highest BCUT2D eigenvalue weighted by molar-refractivity contribution is 14.1. The Hall–Kier alpha value is -0.980. The van der Waals surface area contributed by atoms with Crippen molar-refractivity contribution in [3.05, 3.63) is 70.5 Å². The molecule has 134 valence electrons. The molecule has 0 bridgehead atoms. The molecule has 1 heterocycles. The number of aryl methyl sites for hydroxylation is 1. The van der Waals surface area contributed by atoms with Gasteiger partial charge in [-0.3, -0.25) is 4.90 Å². The van der Waals surface area contributed by atoms with Crippen molar-refractivity contribution in [3.8, 4) is 0 Å². The number of rotatable bonds is 4. The van der Waals surface area contributed by atoms with Crippen LogP contribution in [0.3, 0.4) is 0 Å². The molecule has 1 saturated heterocycles. The summed E-state index contributed by atoms with van der Waals surface area (Å²) < 4.78 is 16.3. The van der Waals surface area contributed by atoms with E-state index in [1.807, 2.05) is 19.1 Å². The van der Waals surface area contributed by atoms with Gasteiger partial charge in [0.15, 0.2) is 0 Å². The van der Waals surface area contributed by atoms with Crippen molar-refractivity contribution >= 4 is 22.9 Å². The van der Waals surface area contributed by atoms with Gasteiger partial charge >= 0.3 is 0 Å². The summed E-state index contributed by atoms with van der Waals surface area (Å²) in [5.41, 5.74) is 4.62. The molecule has 2 aromatic carbocycles. The molecule has 1 aliphatic heterocycles. The summed E-state index contributed by atoms with van der Waals surface area (Å²) >= 11 is 2.46. The molecular weight excluding hydrogens is 426 g/mol. The monoisotopic (exact) mass is 452 g/mol. The van der Waals surface area contributed by atoms with Gasteiger partial charge in [0.25, 0.3) is 0 Å². The van der Waals surface area contributed by atoms with Crippen LogP contribution < -0.4 is 0 Å². The molecular formula is C21H26FIN2. The van der Waals surface area contributed by atoms with E-state index in [9.17, 15) is 4.39 Å². The smallest absolute Gasteiger partial charge is 0.126 e. The van der Waals surface area contributed by atoms with E-state index in [0.717, 1.165) is 31.7 Å². The van der Waals surface area contributed by atoms with Gasteiger partial charge in [0, 0.05) is 49.0 Å². The Bertz CT molecular complexity index is 732. The Kier molecular flexibility index (Phi) is 6.12. The van der Waals surface area contributed by atoms with Gasteiger partial charge in [0.2, 0.25) is 0 Å². The van der Waals surface area contributed by atoms with Gasteiger partial charge in [0.1, 0.15) is 5.82 Å². The van der Waals surface area contributed by atoms with E-state index in [1.54, 1.807) is 6.07 Å². The number of benzene rings is 2. The lowest BCUT2D eigenvalue weighted by atomic mass is 9.92. The molecule has 0 saturated carbocycles. The normalized spacial score (nSPS) is 19.5. The van der Waals surface area contributed by atoms with Crippen molar-refractivity contribution in [1.29, 1.82) is 0 Å². The van der Waals surface area contributed by atoms with E-state index in [1.165, 1.54) is 11.1 Å². The predicted octanol–water partition coefficient (Wildman–Crippen LogP) is 5.47. The molecule has 4 heteroatoms. The molecule has 1 atom stereocenters. The summed E-state index contributed by atoms with van der Waals surface area (Å²) in [6.07, 6.45) is 0. The standard InChI is InChI=1S/C21H26FIN2/c1-15(2)18-6-4-5-7-19(18)21-14-24(10-11-25(21)23)13-17-9-8-16(3)20(22)12-17/h4-9,12,15,21H,10-11,13-14H2,1-3H3. The summed E-state index contributed by atoms with van der Waals surface area (Å²) in [5.74, 6) is 0.411. The zero-order valence-electron chi connectivity index (χ0n) is 15.2. The van der Waals surface area contributed by atoms with Gasteiger partial charge < -0.3 is 0 Å². The fourth-order valence-electron chi connectivity index (χ4n) is 3.54. The molecule has 2 nitrogen and oxygen atoms in total. The second kappa shape index (κ2) is 8.14. The number of piperazine rings is 1. The molecule has 25 heavy (non-hydrogen) atoms. The molecule has 1 unspecified atom stereocenters. The maximum Gasteiger partial charge on any atom is 0.126 e. The lowest BCUT2D eigenvalue weighted by Crippen LogP contribution is -2.44. The third kappa shape index (κ3) is 4.41. The average Bonchev–Trinajstić information content (AvgIpc) is 2.60. The quantitative estimate of drug-likeness (QED) is 0.449. The van der Waals surface area contributed by atoms with Crippen LogP contribution in [0.1, 0.15) is 48.1 Å². The van der Waals surface area contributed by atoms with Crippen LogP contribution in [0, 0.1) is 12.7 Å². The molecule has 1 aliphatic rings. The second-order valence-electron chi connectivity index (χ2n) is 7.24. The van der Waals surface area contributed by atoms with Crippen LogP contribution in [0.2, 0.25) is 0 Å². The number of hydrogen-bond donors (Lipinski definition) is 0. The van der Waals surface area contributed by atoms with Crippen LogP contribution in [0.25, 0.3) is 0 Å². The summed E-state index contributed by atoms with van der Waals surface area (Å²) in [5, 5.41) is 0. The van der Waals surface area contributed by atoms with E-state index in [4.69, 9.17) is 0 Å². The van der Waals surface area contributed by atoms with Gasteiger partial charge in [-0.15, -0.1) is 0 Å². The molecule has 0 radical (unpaired) electrons. The number of hydrogen-bond acceptors (Lipinski definition) is 2. The molecule has 3 rings (SSSR count). The molecule has 0 amide bonds. The molecule has 0 aliphatic carbocycles. The Labute approximate surface area is 164 Å². The maximum atomic E-state index is 13.9. The zero-order valence-corrected chi connectivity index (χ0v) is 17.3. The highest BCUT2D eigenvalue weighted by atomic mass is 127. The molecule has 0 aromatic heterocycles. The summed E-state index contributed by atoms with van der Waals surface area (Å²) in [7, 11) is 0.